The molecule has 4 rings (SSSR count). The van der Waals surface area contributed by atoms with E-state index in [9.17, 15) is 14.7 Å². The third-order valence-corrected chi connectivity index (χ3v) is 5.88. The Kier molecular flexibility index (Phi) is 6.34. The van der Waals surface area contributed by atoms with E-state index in [0.717, 1.165) is 13.1 Å². The van der Waals surface area contributed by atoms with Crippen molar-refractivity contribution in [3.8, 4) is 5.75 Å². The lowest BCUT2D eigenvalue weighted by atomic mass is 9.95. The Morgan fingerprint density at radius 3 is 2.58 bits per heavy atom. The highest BCUT2D eigenvalue weighted by atomic mass is 16.5. The number of quaternary nitrogens is 1. The minimum atomic E-state index is -0.733. The number of morpholine rings is 1. The van der Waals surface area contributed by atoms with E-state index in [4.69, 9.17) is 9.47 Å². The van der Waals surface area contributed by atoms with Crippen molar-refractivity contribution in [1.82, 2.24) is 4.90 Å². The lowest BCUT2D eigenvalue weighted by Gasteiger charge is -2.30. The molecule has 2 aromatic carbocycles. The average Bonchev–Trinajstić information content (AvgIpc) is 3.08. The van der Waals surface area contributed by atoms with Gasteiger partial charge in [-0.15, -0.1) is 0 Å². The zero-order chi connectivity index (χ0) is 21.8. The number of Topliss-reactive ketones (excluding diaryl/α,β-unsaturated/α-hetero) is 1. The van der Waals surface area contributed by atoms with Crippen LogP contribution in [0.3, 0.4) is 0 Å². The average molecular weight is 422 g/mol. The molecule has 0 spiro atoms. The Bertz CT molecular complexity index is 982. The Morgan fingerprint density at radius 1 is 1.13 bits per heavy atom. The predicted molar refractivity (Wildman–Crippen MR) is 112 cm³/mol. The van der Waals surface area contributed by atoms with E-state index in [0.29, 0.717) is 43.2 Å². The van der Waals surface area contributed by atoms with Crippen molar-refractivity contribution in [2.24, 2.45) is 0 Å². The summed E-state index contributed by atoms with van der Waals surface area (Å²) < 4.78 is 10.7. The molecule has 0 aromatic heterocycles. The zero-order valence-electron chi connectivity index (χ0n) is 17.5. The molecule has 1 unspecified atom stereocenters. The van der Waals surface area contributed by atoms with Crippen molar-refractivity contribution < 1.29 is 29.1 Å². The summed E-state index contributed by atoms with van der Waals surface area (Å²) in [5, 5.41) is 13.3. The molecule has 1 atom stereocenters. The van der Waals surface area contributed by atoms with E-state index >= 15 is 0 Å². The summed E-state index contributed by atoms with van der Waals surface area (Å²) >= 11 is 0. The number of nitrogens with one attached hydrogen (secondary N) is 1. The fraction of sp³-hybridized carbons (Fsp3) is 0.333. The number of rotatable bonds is 6. The molecule has 2 aliphatic heterocycles. The van der Waals surface area contributed by atoms with Gasteiger partial charge in [0.25, 0.3) is 5.91 Å². The van der Waals surface area contributed by atoms with Crippen LogP contribution in [0.4, 0.5) is 0 Å². The monoisotopic (exact) mass is 422 g/mol. The molecule has 0 aliphatic carbocycles. The molecule has 7 heteroatoms. The Hall–Kier alpha value is -3.16. The number of hydrogen-bond acceptors (Lipinski definition) is 5. The molecule has 0 radical (unpaired) electrons. The first-order chi connectivity index (χ1) is 15.1. The number of nitrogens with zero attached hydrogens (tertiary/aromatic N) is 1. The van der Waals surface area contributed by atoms with Crippen LogP contribution in [0.2, 0.25) is 0 Å². The van der Waals surface area contributed by atoms with Crippen LogP contribution >= 0.6 is 0 Å². The number of carbonyl (C=O) groups excluding carboxylic acids is 2. The van der Waals surface area contributed by atoms with Crippen molar-refractivity contribution in [1.29, 1.82) is 0 Å². The first-order valence-corrected chi connectivity index (χ1v) is 10.5. The maximum Gasteiger partial charge on any atom is 0.295 e. The first kappa shape index (κ1) is 21.1. The molecule has 1 amide bonds. The highest BCUT2D eigenvalue weighted by molar-refractivity contribution is 6.46. The number of ether oxygens (including phenoxy) is 2. The fourth-order valence-corrected chi connectivity index (χ4v) is 4.19. The van der Waals surface area contributed by atoms with E-state index in [2.05, 4.69) is 0 Å². The number of ketones is 1. The molecule has 2 heterocycles. The van der Waals surface area contributed by atoms with Gasteiger partial charge in [-0.2, -0.15) is 0 Å². The molecule has 0 saturated carbocycles. The Morgan fingerprint density at radius 2 is 1.87 bits per heavy atom. The van der Waals surface area contributed by atoms with Crippen LogP contribution in [-0.2, 0) is 14.3 Å². The molecule has 2 saturated heterocycles. The second-order valence-corrected chi connectivity index (χ2v) is 7.73. The molecule has 31 heavy (non-hydrogen) atoms. The summed E-state index contributed by atoms with van der Waals surface area (Å²) in [5.41, 5.74) is 1.09. The fourth-order valence-electron chi connectivity index (χ4n) is 4.19. The lowest BCUT2D eigenvalue weighted by Crippen LogP contribution is -3.14. The molecule has 2 aromatic rings. The summed E-state index contributed by atoms with van der Waals surface area (Å²) in [6.07, 6.45) is 0. The van der Waals surface area contributed by atoms with E-state index < -0.39 is 23.5 Å². The van der Waals surface area contributed by atoms with E-state index in [1.807, 2.05) is 6.07 Å². The second kappa shape index (κ2) is 9.32. The molecule has 0 bridgehead atoms. The third-order valence-electron chi connectivity index (χ3n) is 5.88. The SMILES string of the molecule is COc1cccc(C2/C(=C(\[O-])c3ccccc3)C(=O)C(=O)N2CC[NH+]2CCOCC2)c1. The Balaban J connectivity index is 1.74. The van der Waals surface area contributed by atoms with Gasteiger partial charge in [-0.25, -0.2) is 0 Å². The van der Waals surface area contributed by atoms with Crippen LogP contribution in [-0.4, -0.2) is 63.1 Å². The van der Waals surface area contributed by atoms with Gasteiger partial charge in [-0.1, -0.05) is 48.2 Å². The van der Waals surface area contributed by atoms with Crippen LogP contribution in [0.1, 0.15) is 17.2 Å². The highest BCUT2D eigenvalue weighted by Crippen LogP contribution is 2.39. The van der Waals surface area contributed by atoms with Gasteiger partial charge in [0.15, 0.2) is 0 Å². The van der Waals surface area contributed by atoms with E-state index in [1.54, 1.807) is 55.6 Å². The van der Waals surface area contributed by atoms with Crippen molar-refractivity contribution in [3.63, 3.8) is 0 Å². The molecule has 1 N–H and O–H groups in total. The van der Waals surface area contributed by atoms with Crippen LogP contribution in [0.25, 0.3) is 5.76 Å². The molecule has 2 fully saturated rings. The van der Waals surface area contributed by atoms with Gasteiger partial charge >= 0.3 is 0 Å². The van der Waals surface area contributed by atoms with Gasteiger partial charge in [0, 0.05) is 5.57 Å². The maximum absolute atomic E-state index is 13.3. The number of benzene rings is 2. The number of methoxy groups -OCH3 is 1. The van der Waals surface area contributed by atoms with Gasteiger partial charge in [-0.3, -0.25) is 9.59 Å². The normalized spacial score (nSPS) is 21.5. The van der Waals surface area contributed by atoms with Crippen LogP contribution in [0.15, 0.2) is 60.2 Å². The van der Waals surface area contributed by atoms with Crippen molar-refractivity contribution in [3.05, 3.63) is 71.3 Å². The number of likely N-dealkylation sites (tertiary alicyclic amines) is 1. The summed E-state index contributed by atoms with van der Waals surface area (Å²) in [7, 11) is 1.56. The minimum absolute atomic E-state index is 0.00132. The smallest absolute Gasteiger partial charge is 0.295 e. The molecule has 7 nitrogen and oxygen atoms in total. The quantitative estimate of drug-likeness (QED) is 0.397. The first-order valence-electron chi connectivity index (χ1n) is 10.5. The largest absolute Gasteiger partial charge is 0.872 e. The number of amides is 1. The van der Waals surface area contributed by atoms with E-state index in [-0.39, 0.29) is 5.57 Å². The van der Waals surface area contributed by atoms with Gasteiger partial charge in [0.1, 0.15) is 18.8 Å². The van der Waals surface area contributed by atoms with Gasteiger partial charge in [0.2, 0.25) is 5.78 Å². The van der Waals surface area contributed by atoms with Crippen molar-refractivity contribution in [2.45, 2.75) is 6.04 Å². The molecule has 2 aliphatic rings. The van der Waals surface area contributed by atoms with Crippen molar-refractivity contribution >= 4 is 17.4 Å². The number of hydrogen-bond donors (Lipinski definition) is 1. The molecular weight excluding hydrogens is 396 g/mol. The lowest BCUT2D eigenvalue weighted by molar-refractivity contribution is -0.907. The van der Waals surface area contributed by atoms with Crippen LogP contribution < -0.4 is 14.7 Å². The van der Waals surface area contributed by atoms with Crippen molar-refractivity contribution in [2.75, 3.05) is 46.5 Å². The predicted octanol–water partition coefficient (Wildman–Crippen LogP) is -0.166. The van der Waals surface area contributed by atoms with Crippen LogP contribution in [0, 0.1) is 0 Å². The topological polar surface area (TPSA) is 83.3 Å². The second-order valence-electron chi connectivity index (χ2n) is 7.73. The van der Waals surface area contributed by atoms with Gasteiger partial charge in [-0.05, 0) is 23.3 Å². The summed E-state index contributed by atoms with van der Waals surface area (Å²) in [6.45, 7) is 4.17. The van der Waals surface area contributed by atoms with Crippen LogP contribution in [0.5, 0.6) is 5.75 Å². The van der Waals surface area contributed by atoms with Gasteiger partial charge < -0.3 is 24.4 Å². The summed E-state index contributed by atoms with van der Waals surface area (Å²) in [5.74, 6) is -1.15. The maximum atomic E-state index is 13.3. The standard InChI is InChI=1S/C24H26N2O5/c1-30-19-9-5-8-18(16-19)21-20(22(27)17-6-3-2-4-7-17)23(28)24(29)26(21)11-10-25-12-14-31-15-13-25/h2-9,16,21,27H,10-15H2,1H3/b22-20+. The highest BCUT2D eigenvalue weighted by Gasteiger charge is 2.44. The third kappa shape index (κ3) is 4.33. The Labute approximate surface area is 181 Å². The summed E-state index contributed by atoms with van der Waals surface area (Å²) in [4.78, 5) is 28.9. The zero-order valence-corrected chi connectivity index (χ0v) is 17.5. The minimum Gasteiger partial charge on any atom is -0.872 e. The number of carbonyl (C=O) groups is 2. The molecule has 162 valence electrons. The van der Waals surface area contributed by atoms with Gasteiger partial charge in [0.05, 0.1) is 39.5 Å². The van der Waals surface area contributed by atoms with E-state index in [1.165, 1.54) is 9.80 Å². The summed E-state index contributed by atoms with van der Waals surface area (Å²) in [6, 6.07) is 15.1. The molecular formula is C24H26N2O5.